The summed E-state index contributed by atoms with van der Waals surface area (Å²) in [5.74, 6) is 0.633. The molecule has 1 saturated carbocycles. The van der Waals surface area contributed by atoms with Crippen molar-refractivity contribution in [2.24, 2.45) is 5.92 Å². The average Bonchev–Trinajstić information content (AvgIpc) is 2.34. The third-order valence-electron chi connectivity index (χ3n) is 3.51. The van der Waals surface area contributed by atoms with Gasteiger partial charge >= 0.3 is 0 Å². The topological polar surface area (TPSA) is 75.3 Å². The Labute approximate surface area is 107 Å². The molecule has 0 heterocycles. The van der Waals surface area contributed by atoms with E-state index in [2.05, 4.69) is 5.32 Å². The Morgan fingerprint density at radius 2 is 2.06 bits per heavy atom. The summed E-state index contributed by atoms with van der Waals surface area (Å²) in [6.45, 7) is 0. The van der Waals surface area contributed by atoms with Crippen molar-refractivity contribution in [2.45, 2.75) is 38.5 Å². The summed E-state index contributed by atoms with van der Waals surface area (Å²) >= 11 is 0. The number of nitrogen functional groups attached to an aromatic ring is 1. The van der Waals surface area contributed by atoms with Gasteiger partial charge in [0.2, 0.25) is 5.91 Å². The van der Waals surface area contributed by atoms with E-state index >= 15 is 0 Å². The normalized spacial score (nSPS) is 16.4. The van der Waals surface area contributed by atoms with Crippen molar-refractivity contribution in [1.29, 1.82) is 0 Å². The van der Waals surface area contributed by atoms with Gasteiger partial charge in [-0.2, -0.15) is 0 Å². The van der Waals surface area contributed by atoms with E-state index in [1.54, 1.807) is 6.07 Å². The van der Waals surface area contributed by atoms with Crippen LogP contribution in [-0.2, 0) is 4.79 Å². The molecular formula is C14H20N2O2. The highest BCUT2D eigenvalue weighted by atomic mass is 16.3. The maximum Gasteiger partial charge on any atom is 0.224 e. The van der Waals surface area contributed by atoms with Gasteiger partial charge in [0.1, 0.15) is 5.75 Å². The van der Waals surface area contributed by atoms with Crippen molar-refractivity contribution >= 4 is 17.3 Å². The van der Waals surface area contributed by atoms with Crippen molar-refractivity contribution in [3.8, 4) is 5.75 Å². The zero-order chi connectivity index (χ0) is 13.0. The molecule has 1 aromatic rings. The molecule has 0 unspecified atom stereocenters. The molecule has 0 aliphatic heterocycles. The highest BCUT2D eigenvalue weighted by molar-refractivity contribution is 5.94. The summed E-state index contributed by atoms with van der Waals surface area (Å²) in [4.78, 5) is 11.9. The number of phenols is 1. The van der Waals surface area contributed by atoms with Crippen LogP contribution in [0, 0.1) is 5.92 Å². The highest BCUT2D eigenvalue weighted by Crippen LogP contribution is 2.28. The molecule has 1 amide bonds. The lowest BCUT2D eigenvalue weighted by Crippen LogP contribution is -2.18. The van der Waals surface area contributed by atoms with Crippen molar-refractivity contribution in [1.82, 2.24) is 0 Å². The van der Waals surface area contributed by atoms with Gasteiger partial charge in [0.05, 0.1) is 11.4 Å². The van der Waals surface area contributed by atoms with Gasteiger partial charge in [-0.25, -0.2) is 0 Å². The molecule has 98 valence electrons. The summed E-state index contributed by atoms with van der Waals surface area (Å²) in [7, 11) is 0. The third kappa shape index (κ3) is 3.39. The number of hydrogen-bond acceptors (Lipinski definition) is 3. The van der Waals surface area contributed by atoms with Crippen molar-refractivity contribution in [2.75, 3.05) is 11.1 Å². The number of nitrogens with one attached hydrogen (secondary N) is 1. The van der Waals surface area contributed by atoms with Gasteiger partial charge in [0.25, 0.3) is 0 Å². The Morgan fingerprint density at radius 3 is 2.72 bits per heavy atom. The molecule has 0 atom stereocenters. The summed E-state index contributed by atoms with van der Waals surface area (Å²) in [6, 6.07) is 4.59. The number of hydrogen-bond donors (Lipinski definition) is 3. The van der Waals surface area contributed by atoms with Gasteiger partial charge in [0.15, 0.2) is 0 Å². The first-order chi connectivity index (χ1) is 8.65. The van der Waals surface area contributed by atoms with Crippen LogP contribution in [0.3, 0.4) is 0 Å². The lowest BCUT2D eigenvalue weighted by molar-refractivity contribution is -0.117. The second-order valence-corrected chi connectivity index (χ2v) is 5.03. The molecule has 0 spiro atoms. The maximum absolute atomic E-state index is 11.9. The quantitative estimate of drug-likeness (QED) is 0.568. The number of amides is 1. The molecule has 1 aromatic carbocycles. The number of rotatable bonds is 3. The van der Waals surface area contributed by atoms with Gasteiger partial charge in [0, 0.05) is 12.5 Å². The van der Waals surface area contributed by atoms with Crippen LogP contribution < -0.4 is 11.1 Å². The molecule has 0 saturated heterocycles. The molecule has 4 heteroatoms. The molecule has 0 aromatic heterocycles. The van der Waals surface area contributed by atoms with Crippen LogP contribution in [0.15, 0.2) is 18.2 Å². The Bertz CT molecular complexity index is 426. The third-order valence-corrected chi connectivity index (χ3v) is 3.51. The minimum absolute atomic E-state index is 0.0132. The molecule has 1 aliphatic rings. The van der Waals surface area contributed by atoms with Crippen molar-refractivity contribution in [3.05, 3.63) is 18.2 Å². The fourth-order valence-electron chi connectivity index (χ4n) is 2.52. The average molecular weight is 248 g/mol. The molecular weight excluding hydrogens is 228 g/mol. The van der Waals surface area contributed by atoms with Crippen molar-refractivity contribution in [3.63, 3.8) is 0 Å². The molecule has 18 heavy (non-hydrogen) atoms. The maximum atomic E-state index is 11.9. The summed E-state index contributed by atoms with van der Waals surface area (Å²) < 4.78 is 0. The molecule has 1 aliphatic carbocycles. The predicted molar refractivity (Wildman–Crippen MR) is 72.3 cm³/mol. The Hall–Kier alpha value is -1.71. The van der Waals surface area contributed by atoms with E-state index in [-0.39, 0.29) is 11.7 Å². The summed E-state index contributed by atoms with van der Waals surface area (Å²) in [5.41, 5.74) is 6.70. The molecule has 1 fully saturated rings. The van der Waals surface area contributed by atoms with Gasteiger partial charge in [-0.15, -0.1) is 0 Å². The second-order valence-electron chi connectivity index (χ2n) is 5.03. The SMILES string of the molecule is Nc1cc(O)ccc1NC(=O)CC1CCCCC1. The van der Waals surface area contributed by atoms with Gasteiger partial charge < -0.3 is 16.2 Å². The van der Waals surface area contributed by atoms with E-state index in [1.165, 1.54) is 31.4 Å². The van der Waals surface area contributed by atoms with Crippen LogP contribution >= 0.6 is 0 Å². The lowest BCUT2D eigenvalue weighted by Gasteiger charge is -2.21. The van der Waals surface area contributed by atoms with E-state index in [1.807, 2.05) is 0 Å². The fourth-order valence-corrected chi connectivity index (χ4v) is 2.52. The van der Waals surface area contributed by atoms with Crippen LogP contribution in [-0.4, -0.2) is 11.0 Å². The smallest absolute Gasteiger partial charge is 0.224 e. The van der Waals surface area contributed by atoms with Crippen LogP contribution in [0.5, 0.6) is 5.75 Å². The first-order valence-corrected chi connectivity index (χ1v) is 6.53. The van der Waals surface area contributed by atoms with Gasteiger partial charge in [-0.05, 0) is 30.9 Å². The van der Waals surface area contributed by atoms with Crippen LogP contribution in [0.2, 0.25) is 0 Å². The number of aromatic hydroxyl groups is 1. The number of nitrogens with two attached hydrogens (primary N) is 1. The Morgan fingerprint density at radius 1 is 1.33 bits per heavy atom. The lowest BCUT2D eigenvalue weighted by atomic mass is 9.87. The van der Waals surface area contributed by atoms with E-state index in [0.717, 1.165) is 12.8 Å². The molecule has 0 radical (unpaired) electrons. The second kappa shape index (κ2) is 5.76. The number of benzene rings is 1. The molecule has 2 rings (SSSR count). The first-order valence-electron chi connectivity index (χ1n) is 6.53. The number of phenolic OH excluding ortho intramolecular Hbond substituents is 1. The number of carbonyl (C=O) groups excluding carboxylic acids is 1. The van der Waals surface area contributed by atoms with Crippen LogP contribution in [0.1, 0.15) is 38.5 Å². The zero-order valence-corrected chi connectivity index (χ0v) is 10.5. The zero-order valence-electron chi connectivity index (χ0n) is 10.5. The minimum Gasteiger partial charge on any atom is -0.508 e. The van der Waals surface area contributed by atoms with Crippen LogP contribution in [0.4, 0.5) is 11.4 Å². The molecule has 4 nitrogen and oxygen atoms in total. The van der Waals surface area contributed by atoms with Crippen LogP contribution in [0.25, 0.3) is 0 Å². The van der Waals surface area contributed by atoms with E-state index in [0.29, 0.717) is 23.7 Å². The fraction of sp³-hybridized carbons (Fsp3) is 0.500. The molecule has 0 bridgehead atoms. The minimum atomic E-state index is 0.0132. The Kier molecular flexibility index (Phi) is 4.07. The Balaban J connectivity index is 1.90. The molecule has 4 N–H and O–H groups in total. The predicted octanol–water partition coefficient (Wildman–Crippen LogP) is 2.88. The number of anilines is 2. The van der Waals surface area contributed by atoms with Gasteiger partial charge in [-0.1, -0.05) is 19.3 Å². The largest absolute Gasteiger partial charge is 0.508 e. The number of carbonyl (C=O) groups is 1. The van der Waals surface area contributed by atoms with E-state index < -0.39 is 0 Å². The van der Waals surface area contributed by atoms with E-state index in [9.17, 15) is 9.90 Å². The summed E-state index contributed by atoms with van der Waals surface area (Å²) in [5, 5.41) is 12.0. The first kappa shape index (κ1) is 12.7. The monoisotopic (exact) mass is 248 g/mol. The van der Waals surface area contributed by atoms with E-state index in [4.69, 9.17) is 5.73 Å². The highest BCUT2D eigenvalue weighted by Gasteiger charge is 2.17. The van der Waals surface area contributed by atoms with Gasteiger partial charge in [-0.3, -0.25) is 4.79 Å². The summed E-state index contributed by atoms with van der Waals surface area (Å²) in [6.07, 6.45) is 6.64. The standard InChI is InChI=1S/C14H20N2O2/c15-12-9-11(17)6-7-13(12)16-14(18)8-10-4-2-1-3-5-10/h6-7,9-10,17H,1-5,8,15H2,(H,16,18). The van der Waals surface area contributed by atoms with Crippen molar-refractivity contribution < 1.29 is 9.90 Å².